The van der Waals surface area contributed by atoms with Crippen LogP contribution in [0.5, 0.6) is 0 Å². The van der Waals surface area contributed by atoms with Crippen molar-refractivity contribution in [3.63, 3.8) is 0 Å². The van der Waals surface area contributed by atoms with Crippen LogP contribution in [0.4, 0.5) is 0 Å². The van der Waals surface area contributed by atoms with Crippen LogP contribution >= 0.6 is 0 Å². The molecule has 1 fully saturated rings. The molecule has 0 aliphatic carbocycles. The highest BCUT2D eigenvalue weighted by molar-refractivity contribution is 6.22. The predicted octanol–water partition coefficient (Wildman–Crippen LogP) is 0.940. The first-order valence-corrected chi connectivity index (χ1v) is 9.33. The molecule has 1 saturated heterocycles. The third kappa shape index (κ3) is 3.74. The fraction of sp³-hybridized carbons (Fsp3) is 0.450. The van der Waals surface area contributed by atoms with E-state index in [1.165, 1.54) is 0 Å². The number of likely N-dealkylation sites (tertiary alicyclic amines) is 1. The van der Waals surface area contributed by atoms with Crippen molar-refractivity contribution in [1.29, 1.82) is 5.26 Å². The largest absolute Gasteiger partial charge is 0.355 e. The smallest absolute Gasteiger partial charge is 0.262 e. The third-order valence-corrected chi connectivity index (χ3v) is 5.32. The molecule has 2 aliphatic heterocycles. The monoisotopic (exact) mass is 382 g/mol. The highest BCUT2D eigenvalue weighted by Gasteiger charge is 2.42. The molecule has 28 heavy (non-hydrogen) atoms. The lowest BCUT2D eigenvalue weighted by Crippen LogP contribution is -2.51. The fourth-order valence-electron chi connectivity index (χ4n) is 3.68. The van der Waals surface area contributed by atoms with Crippen molar-refractivity contribution in [3.8, 4) is 6.07 Å². The maximum atomic E-state index is 12.9. The van der Waals surface area contributed by atoms with E-state index in [4.69, 9.17) is 5.26 Å². The van der Waals surface area contributed by atoms with Gasteiger partial charge in [0.1, 0.15) is 12.5 Å². The standard InChI is InChI=1S/C20H22N4O4/c1-13(24-19(27)15-4-2-3-5-16(15)20(24)28)18(26)23-10-7-14(8-11-23)12-22-17(25)6-9-21/h2-5,13-14H,6-8,10-12H2,1H3,(H,22,25). The lowest BCUT2D eigenvalue weighted by Gasteiger charge is -2.35. The number of nitrogens with one attached hydrogen (secondary N) is 1. The van der Waals surface area contributed by atoms with Crippen LogP contribution in [-0.2, 0) is 9.59 Å². The minimum absolute atomic E-state index is 0.158. The van der Waals surface area contributed by atoms with Crippen molar-refractivity contribution in [2.75, 3.05) is 19.6 Å². The predicted molar refractivity (Wildman–Crippen MR) is 98.9 cm³/mol. The Kier molecular flexibility index (Phi) is 5.73. The molecule has 0 aromatic heterocycles. The van der Waals surface area contributed by atoms with E-state index in [9.17, 15) is 19.2 Å². The Morgan fingerprint density at radius 2 is 1.75 bits per heavy atom. The molecular weight excluding hydrogens is 360 g/mol. The van der Waals surface area contributed by atoms with E-state index in [-0.39, 0.29) is 24.2 Å². The zero-order valence-electron chi connectivity index (χ0n) is 15.7. The first-order valence-electron chi connectivity index (χ1n) is 9.33. The van der Waals surface area contributed by atoms with Crippen molar-refractivity contribution >= 4 is 23.6 Å². The minimum atomic E-state index is -0.862. The van der Waals surface area contributed by atoms with Gasteiger partial charge < -0.3 is 10.2 Å². The van der Waals surface area contributed by atoms with Crippen molar-refractivity contribution in [1.82, 2.24) is 15.1 Å². The van der Waals surface area contributed by atoms with Crippen molar-refractivity contribution < 1.29 is 19.2 Å². The summed E-state index contributed by atoms with van der Waals surface area (Å²) in [4.78, 5) is 52.1. The van der Waals surface area contributed by atoms with Crippen molar-refractivity contribution in [2.45, 2.75) is 32.2 Å². The van der Waals surface area contributed by atoms with Gasteiger partial charge in [0.05, 0.1) is 17.2 Å². The number of imide groups is 1. The number of nitrogens with zero attached hydrogens (tertiary/aromatic N) is 3. The number of hydrogen-bond donors (Lipinski definition) is 1. The quantitative estimate of drug-likeness (QED) is 0.762. The zero-order chi connectivity index (χ0) is 20.3. The highest BCUT2D eigenvalue weighted by atomic mass is 16.2. The van der Waals surface area contributed by atoms with Gasteiger partial charge in [-0.05, 0) is 37.8 Å². The summed E-state index contributed by atoms with van der Waals surface area (Å²) >= 11 is 0. The summed E-state index contributed by atoms with van der Waals surface area (Å²) in [5, 5.41) is 11.2. The molecule has 0 radical (unpaired) electrons. The summed E-state index contributed by atoms with van der Waals surface area (Å²) < 4.78 is 0. The number of carbonyl (C=O) groups is 4. The summed E-state index contributed by atoms with van der Waals surface area (Å²) in [7, 11) is 0. The van der Waals surface area contributed by atoms with Gasteiger partial charge in [-0.2, -0.15) is 5.26 Å². The number of fused-ring (bicyclic) bond motifs is 1. The summed E-state index contributed by atoms with van der Waals surface area (Å²) in [5.41, 5.74) is 0.665. The molecule has 0 bridgehead atoms. The van der Waals surface area contributed by atoms with Gasteiger partial charge in [-0.15, -0.1) is 0 Å². The topological polar surface area (TPSA) is 111 Å². The highest BCUT2D eigenvalue weighted by Crippen LogP contribution is 2.26. The molecule has 3 rings (SSSR count). The lowest BCUT2D eigenvalue weighted by molar-refractivity contribution is -0.136. The van der Waals surface area contributed by atoms with Gasteiger partial charge >= 0.3 is 0 Å². The summed E-state index contributed by atoms with van der Waals surface area (Å²) in [5.74, 6) is -1.17. The normalized spacial score (nSPS) is 17.9. The molecule has 1 unspecified atom stereocenters. The maximum absolute atomic E-state index is 12.9. The second-order valence-electron chi connectivity index (χ2n) is 7.11. The van der Waals surface area contributed by atoms with Gasteiger partial charge in [-0.3, -0.25) is 24.1 Å². The molecule has 146 valence electrons. The average molecular weight is 382 g/mol. The Balaban J connectivity index is 1.56. The Bertz CT molecular complexity index is 817. The Morgan fingerprint density at radius 1 is 1.18 bits per heavy atom. The summed E-state index contributed by atoms with van der Waals surface area (Å²) in [6.07, 6.45) is 1.27. The first-order chi connectivity index (χ1) is 13.4. The SMILES string of the molecule is CC(C(=O)N1CCC(CNC(=O)CC#N)CC1)N1C(=O)c2ccccc2C1=O. The maximum Gasteiger partial charge on any atom is 0.262 e. The molecule has 1 atom stereocenters. The van der Waals surface area contributed by atoms with E-state index in [1.54, 1.807) is 42.2 Å². The number of amides is 4. The number of carbonyl (C=O) groups excluding carboxylic acids is 4. The van der Waals surface area contributed by atoms with Crippen molar-refractivity contribution in [3.05, 3.63) is 35.4 Å². The molecular formula is C20H22N4O4. The van der Waals surface area contributed by atoms with Crippen LogP contribution in [-0.4, -0.2) is 59.1 Å². The van der Waals surface area contributed by atoms with E-state index in [2.05, 4.69) is 5.32 Å². The Labute approximate surface area is 163 Å². The first kappa shape index (κ1) is 19.5. The van der Waals surface area contributed by atoms with Gasteiger partial charge in [0.25, 0.3) is 11.8 Å². The minimum Gasteiger partial charge on any atom is -0.355 e. The van der Waals surface area contributed by atoms with Crippen LogP contribution in [0.3, 0.4) is 0 Å². The molecule has 0 saturated carbocycles. The molecule has 2 heterocycles. The number of hydrogen-bond acceptors (Lipinski definition) is 5. The molecule has 2 aliphatic rings. The van der Waals surface area contributed by atoms with E-state index in [1.807, 2.05) is 0 Å². The lowest BCUT2D eigenvalue weighted by atomic mass is 9.96. The van der Waals surface area contributed by atoms with Gasteiger partial charge in [0.15, 0.2) is 0 Å². The Morgan fingerprint density at radius 3 is 2.29 bits per heavy atom. The van der Waals surface area contributed by atoms with Crippen LogP contribution in [0.15, 0.2) is 24.3 Å². The third-order valence-electron chi connectivity index (χ3n) is 5.32. The summed E-state index contributed by atoms with van der Waals surface area (Å²) in [6.45, 7) is 3.07. The van der Waals surface area contributed by atoms with E-state index < -0.39 is 17.9 Å². The number of nitriles is 1. The number of piperidine rings is 1. The summed E-state index contributed by atoms with van der Waals surface area (Å²) in [6, 6.07) is 7.53. The van der Waals surface area contributed by atoms with Gasteiger partial charge in [-0.25, -0.2) is 0 Å². The molecule has 4 amide bonds. The van der Waals surface area contributed by atoms with Crippen LogP contribution in [0.25, 0.3) is 0 Å². The fourth-order valence-corrected chi connectivity index (χ4v) is 3.68. The van der Waals surface area contributed by atoms with Gasteiger partial charge in [0, 0.05) is 19.6 Å². The van der Waals surface area contributed by atoms with Gasteiger partial charge in [-0.1, -0.05) is 12.1 Å². The number of benzene rings is 1. The molecule has 1 aromatic carbocycles. The second kappa shape index (κ2) is 8.21. The van der Waals surface area contributed by atoms with Crippen LogP contribution < -0.4 is 5.32 Å². The van der Waals surface area contributed by atoms with E-state index >= 15 is 0 Å². The van der Waals surface area contributed by atoms with Crippen LogP contribution in [0, 0.1) is 17.2 Å². The molecule has 1 N–H and O–H groups in total. The molecule has 8 heteroatoms. The molecule has 8 nitrogen and oxygen atoms in total. The average Bonchev–Trinajstić information content (AvgIpc) is 2.97. The second-order valence-corrected chi connectivity index (χ2v) is 7.11. The van der Waals surface area contributed by atoms with Crippen LogP contribution in [0.2, 0.25) is 0 Å². The number of rotatable bonds is 5. The van der Waals surface area contributed by atoms with Crippen LogP contribution in [0.1, 0.15) is 46.9 Å². The molecule has 1 aromatic rings. The van der Waals surface area contributed by atoms with Crippen molar-refractivity contribution in [2.24, 2.45) is 5.92 Å². The molecule has 0 spiro atoms. The van der Waals surface area contributed by atoms with E-state index in [0.717, 1.165) is 4.90 Å². The van der Waals surface area contributed by atoms with Gasteiger partial charge in [0.2, 0.25) is 11.8 Å². The zero-order valence-corrected chi connectivity index (χ0v) is 15.7. The Hall–Kier alpha value is -3.21. The van der Waals surface area contributed by atoms with E-state index in [0.29, 0.717) is 43.6 Å².